The van der Waals surface area contributed by atoms with Crippen LogP contribution in [-0.4, -0.2) is 144 Å². The maximum Gasteiger partial charge on any atom is 0.324 e. The predicted octanol–water partition coefficient (Wildman–Crippen LogP) is 4.97. The van der Waals surface area contributed by atoms with E-state index in [1.807, 2.05) is 24.9 Å². The molecular formula is C49H62N10O7S. The second kappa shape index (κ2) is 18.8. The van der Waals surface area contributed by atoms with Gasteiger partial charge < -0.3 is 35.4 Å². The van der Waals surface area contributed by atoms with Gasteiger partial charge in [-0.25, -0.2) is 19.7 Å². The molecule has 0 radical (unpaired) electrons. The number of phenolic OH excluding ortho intramolecular Hbond substituents is 2. The predicted molar refractivity (Wildman–Crippen MR) is 253 cm³/mol. The van der Waals surface area contributed by atoms with Gasteiger partial charge in [0.25, 0.3) is 5.91 Å². The lowest BCUT2D eigenvalue weighted by Gasteiger charge is -2.42. The Hall–Kier alpha value is -5.69. The van der Waals surface area contributed by atoms with E-state index in [1.165, 1.54) is 27.9 Å². The zero-order valence-corrected chi connectivity index (χ0v) is 39.9. The molecule has 5 aliphatic rings. The number of ether oxygens (including phenoxy) is 1. The fourth-order valence-corrected chi connectivity index (χ4v) is 11.2. The average Bonchev–Trinajstić information content (AvgIpc) is 4.05. The second-order valence-corrected chi connectivity index (χ2v) is 21.0. The first-order chi connectivity index (χ1) is 32.0. The van der Waals surface area contributed by atoms with Gasteiger partial charge >= 0.3 is 6.03 Å². The normalized spacial score (nSPS) is 20.2. The second-order valence-electron chi connectivity index (χ2n) is 20.0. The number of fused-ring (bicyclic) bond motifs is 4. The Morgan fingerprint density at radius 2 is 1.63 bits per heavy atom. The van der Waals surface area contributed by atoms with Crippen LogP contribution in [0.25, 0.3) is 10.6 Å². The molecule has 4 aliphatic heterocycles. The van der Waals surface area contributed by atoms with Gasteiger partial charge in [0.1, 0.15) is 30.0 Å². The van der Waals surface area contributed by atoms with E-state index < -0.39 is 24.1 Å². The van der Waals surface area contributed by atoms with Crippen molar-refractivity contribution in [2.75, 3.05) is 57.7 Å². The average molecular weight is 935 g/mol. The molecule has 2 aromatic heterocycles. The summed E-state index contributed by atoms with van der Waals surface area (Å²) in [5.74, 6) is -0.558. The molecule has 6 heterocycles. The molecule has 2 aromatic carbocycles. The van der Waals surface area contributed by atoms with Crippen LogP contribution in [0.3, 0.4) is 0 Å². The molecule has 356 valence electrons. The van der Waals surface area contributed by atoms with E-state index in [1.54, 1.807) is 11.0 Å². The van der Waals surface area contributed by atoms with Crippen LogP contribution in [0, 0.1) is 0 Å². The number of urea groups is 1. The molecule has 18 heteroatoms. The van der Waals surface area contributed by atoms with Crippen molar-refractivity contribution >= 4 is 40.2 Å². The number of nitrogens with two attached hydrogens (primary N) is 1. The van der Waals surface area contributed by atoms with Crippen molar-refractivity contribution in [2.24, 2.45) is 5.73 Å². The summed E-state index contributed by atoms with van der Waals surface area (Å²) >= 11 is 1.36. The number of nitrogens with one attached hydrogen (secondary N) is 1. The van der Waals surface area contributed by atoms with Crippen LogP contribution in [-0.2, 0) is 52.2 Å². The standard InChI is InChI=1S/C49H62N10O7S/c1-28(2)34-21-35(38(61)22-37(34)60)45(64)58-25-31-7-6-29(20-32(31)26-58)24-55-13-10-33(11-14-55)56-16-18-57(19-17-56)40(62)27-66-39-12-15-59(42(39)44(50)63)48(65)54-47-52-36-9-8-30-23-51-46(49(3,4)5)53-41(30)43(36)67-47/h6-7,20-23,28,33,39,42,60-61H,8-19,24-27H2,1-5H3,(H2,50,63)(H,52,54,65)/t39-,42+/m1/s1. The van der Waals surface area contributed by atoms with Crippen LogP contribution in [0.1, 0.15) is 109 Å². The molecule has 5 N–H and O–H groups in total. The third-order valence-corrected chi connectivity index (χ3v) is 15.1. The van der Waals surface area contributed by atoms with Crippen LogP contribution in [0.2, 0.25) is 0 Å². The molecule has 67 heavy (non-hydrogen) atoms. The molecule has 17 nitrogen and oxygen atoms in total. The number of piperazine rings is 1. The van der Waals surface area contributed by atoms with Gasteiger partial charge in [0.2, 0.25) is 11.8 Å². The van der Waals surface area contributed by atoms with Gasteiger partial charge in [0.05, 0.1) is 27.9 Å². The number of nitrogens with zero attached hydrogens (tertiary/aromatic N) is 8. The van der Waals surface area contributed by atoms with Crippen molar-refractivity contribution in [1.82, 2.24) is 39.5 Å². The molecule has 2 atom stereocenters. The highest BCUT2D eigenvalue weighted by molar-refractivity contribution is 7.19. The Kier molecular flexibility index (Phi) is 13.0. The van der Waals surface area contributed by atoms with Gasteiger partial charge in [-0.2, -0.15) is 0 Å². The zero-order valence-electron chi connectivity index (χ0n) is 39.1. The lowest BCUT2D eigenvalue weighted by molar-refractivity contribution is -0.142. The summed E-state index contributed by atoms with van der Waals surface area (Å²) in [7, 11) is 0. The van der Waals surface area contributed by atoms with Crippen LogP contribution in [0.5, 0.6) is 11.5 Å². The molecule has 1 aliphatic carbocycles. The first-order valence-corrected chi connectivity index (χ1v) is 24.4. The van der Waals surface area contributed by atoms with Gasteiger partial charge in [-0.1, -0.05) is 64.2 Å². The fraction of sp³-hybridized carbons (Fsp3) is 0.531. The Morgan fingerprint density at radius 1 is 0.881 bits per heavy atom. The van der Waals surface area contributed by atoms with Gasteiger partial charge in [-0.05, 0) is 85.0 Å². The van der Waals surface area contributed by atoms with Crippen molar-refractivity contribution in [3.05, 3.63) is 81.4 Å². The number of hydrogen-bond acceptors (Lipinski definition) is 13. The van der Waals surface area contributed by atoms with Gasteiger partial charge in [-0.3, -0.25) is 29.5 Å². The van der Waals surface area contributed by atoms with Gasteiger partial charge in [0, 0.05) is 76.1 Å². The number of thiazole rings is 1. The van der Waals surface area contributed by atoms with Crippen LogP contribution >= 0.6 is 11.3 Å². The minimum Gasteiger partial charge on any atom is -0.508 e. The number of aromatic hydroxyl groups is 2. The van der Waals surface area contributed by atoms with Crippen molar-refractivity contribution < 1.29 is 34.1 Å². The molecule has 3 saturated heterocycles. The Morgan fingerprint density at radius 3 is 2.34 bits per heavy atom. The van der Waals surface area contributed by atoms with Crippen molar-refractivity contribution in [1.29, 1.82) is 0 Å². The van der Waals surface area contributed by atoms with E-state index in [-0.39, 0.29) is 53.4 Å². The van der Waals surface area contributed by atoms with Crippen molar-refractivity contribution in [3.63, 3.8) is 0 Å². The molecule has 0 spiro atoms. The largest absolute Gasteiger partial charge is 0.508 e. The number of phenols is 2. The number of rotatable bonds is 10. The van der Waals surface area contributed by atoms with Crippen molar-refractivity contribution in [3.8, 4) is 22.1 Å². The molecule has 0 bridgehead atoms. The summed E-state index contributed by atoms with van der Waals surface area (Å²) in [5, 5.41) is 24.1. The number of amides is 5. The van der Waals surface area contributed by atoms with Gasteiger partial charge in [-0.15, -0.1) is 0 Å². The van der Waals surface area contributed by atoms with Gasteiger partial charge in [0.15, 0.2) is 5.13 Å². The molecule has 4 aromatic rings. The molecule has 0 saturated carbocycles. The topological polar surface area (TPSA) is 211 Å². The molecule has 5 amide bonds. The number of aromatic nitrogens is 3. The maximum absolute atomic E-state index is 13.6. The minimum absolute atomic E-state index is 0.00599. The van der Waals surface area contributed by atoms with Crippen LogP contribution in [0.4, 0.5) is 9.93 Å². The van der Waals surface area contributed by atoms with E-state index in [2.05, 4.69) is 59.1 Å². The van der Waals surface area contributed by atoms with Crippen LogP contribution in [0.15, 0.2) is 36.5 Å². The highest BCUT2D eigenvalue weighted by atomic mass is 32.1. The molecule has 3 fully saturated rings. The first kappa shape index (κ1) is 46.4. The molecule has 9 rings (SSSR count). The quantitative estimate of drug-likeness (QED) is 0.166. The highest BCUT2D eigenvalue weighted by Crippen LogP contribution is 2.40. The van der Waals surface area contributed by atoms with E-state index in [4.69, 9.17) is 20.4 Å². The zero-order chi connectivity index (χ0) is 47.3. The number of likely N-dealkylation sites (tertiary alicyclic amines) is 2. The van der Waals surface area contributed by atoms with E-state index >= 15 is 0 Å². The lowest BCUT2D eigenvalue weighted by atomic mass is 9.94. The number of hydrogen-bond donors (Lipinski definition) is 4. The van der Waals surface area contributed by atoms with Crippen LogP contribution < -0.4 is 11.1 Å². The third-order valence-electron chi connectivity index (χ3n) is 14.0. The lowest BCUT2D eigenvalue weighted by Crippen LogP contribution is -2.55. The van der Waals surface area contributed by atoms with E-state index in [0.717, 1.165) is 90.8 Å². The summed E-state index contributed by atoms with van der Waals surface area (Å²) < 4.78 is 6.05. The van der Waals surface area contributed by atoms with E-state index in [9.17, 15) is 29.4 Å². The number of primary amides is 1. The Balaban J connectivity index is 0.711. The maximum atomic E-state index is 13.6. The summed E-state index contributed by atoms with van der Waals surface area (Å²) in [4.78, 5) is 78.3. The molecular weight excluding hydrogens is 873 g/mol. The smallest absolute Gasteiger partial charge is 0.324 e. The fourth-order valence-electron chi connectivity index (χ4n) is 10.2. The molecule has 0 unspecified atom stereocenters. The minimum atomic E-state index is -1.02. The highest BCUT2D eigenvalue weighted by Gasteiger charge is 2.43. The Labute approximate surface area is 395 Å². The van der Waals surface area contributed by atoms with E-state index in [0.29, 0.717) is 55.8 Å². The summed E-state index contributed by atoms with van der Waals surface area (Å²) in [6.07, 6.45) is 5.09. The Bertz CT molecular complexity index is 2560. The SMILES string of the molecule is CC(C)c1cc(C(=O)N2Cc3ccc(CN4CCC(N5CCN(C(=O)CO[C@@H]6CCN(C(=O)Nc7nc8c(s7)-c7nc(C(C)(C)C)ncc7CC8)[C@@H]6C(N)=O)CC5)CC4)cc3C2)c(O)cc1O. The monoisotopic (exact) mass is 934 g/mol. The number of aryl methyl sites for hydroxylation is 2. The number of piperidine rings is 1. The number of carbonyl (C=O) groups is 4. The summed E-state index contributed by atoms with van der Waals surface area (Å²) in [6.45, 7) is 16.6. The number of benzene rings is 2. The first-order valence-electron chi connectivity index (χ1n) is 23.6. The third kappa shape index (κ3) is 9.71. The summed E-state index contributed by atoms with van der Waals surface area (Å²) in [5.41, 5.74) is 12.7. The number of anilines is 1. The number of carbonyl (C=O) groups excluding carboxylic acids is 4. The summed E-state index contributed by atoms with van der Waals surface area (Å²) in [6, 6.07) is 8.24. The van der Waals surface area contributed by atoms with Crippen molar-refractivity contribution in [2.45, 2.75) is 116 Å².